The van der Waals surface area contributed by atoms with E-state index >= 15 is 0 Å². The van der Waals surface area contributed by atoms with Crippen molar-refractivity contribution in [1.29, 1.82) is 0 Å². The lowest BCUT2D eigenvalue weighted by atomic mass is 10.2. The summed E-state index contributed by atoms with van der Waals surface area (Å²) in [6.07, 6.45) is 7.55. The molecule has 0 spiro atoms. The van der Waals surface area contributed by atoms with Gasteiger partial charge < -0.3 is 13.7 Å². The molecule has 0 atom stereocenters. The molecule has 0 bridgehead atoms. The number of hydrogen-bond acceptors (Lipinski definition) is 5. The van der Waals surface area contributed by atoms with E-state index in [1.165, 1.54) is 11.3 Å². The van der Waals surface area contributed by atoms with Crippen LogP contribution < -0.4 is 9.54 Å². The summed E-state index contributed by atoms with van der Waals surface area (Å²) in [5.74, 6) is 2.91. The minimum absolute atomic E-state index is 0.161. The van der Waals surface area contributed by atoms with E-state index in [0.29, 0.717) is 22.7 Å². The number of aromatic nitrogens is 1. The van der Waals surface area contributed by atoms with E-state index in [2.05, 4.69) is 17.0 Å². The number of methoxy groups -OCH3 is 1. The number of benzene rings is 2. The van der Waals surface area contributed by atoms with Gasteiger partial charge in [-0.1, -0.05) is 29.4 Å². The van der Waals surface area contributed by atoms with Crippen LogP contribution in [0.15, 0.2) is 56.8 Å². The van der Waals surface area contributed by atoms with Gasteiger partial charge in [0.1, 0.15) is 0 Å². The molecule has 0 aliphatic heterocycles. The number of para-hydroxylation sites is 1. The van der Waals surface area contributed by atoms with Crippen molar-refractivity contribution in [3.05, 3.63) is 53.0 Å². The molecule has 2 aromatic carbocycles. The molecule has 4 rings (SSSR count). The zero-order chi connectivity index (χ0) is 19.7. The van der Waals surface area contributed by atoms with Crippen molar-refractivity contribution in [1.82, 2.24) is 4.57 Å². The second-order valence-electron chi connectivity index (χ2n) is 5.91. The molecule has 140 valence electrons. The van der Waals surface area contributed by atoms with Crippen LogP contribution in [0.5, 0.6) is 5.75 Å². The molecule has 5 nitrogen and oxygen atoms in total. The summed E-state index contributed by atoms with van der Waals surface area (Å²) in [4.78, 5) is 18.8. The molecule has 2 aromatic heterocycles. The topological polar surface area (TPSA) is 56.7 Å². The van der Waals surface area contributed by atoms with Gasteiger partial charge in [0.2, 0.25) is 0 Å². The van der Waals surface area contributed by atoms with Crippen molar-refractivity contribution in [2.24, 2.45) is 4.99 Å². The number of amides is 1. The van der Waals surface area contributed by atoms with E-state index in [1.54, 1.807) is 31.0 Å². The summed E-state index contributed by atoms with van der Waals surface area (Å²) in [5, 5.41) is 0.787. The molecule has 0 radical (unpaired) electrons. The first-order valence-electron chi connectivity index (χ1n) is 8.41. The van der Waals surface area contributed by atoms with E-state index in [9.17, 15) is 4.79 Å². The predicted molar refractivity (Wildman–Crippen MR) is 113 cm³/mol. The normalized spacial score (nSPS) is 11.8. The largest absolute Gasteiger partial charge is 0.493 e. The number of thiazole rings is 1. The third kappa shape index (κ3) is 3.21. The Balaban J connectivity index is 1.84. The average Bonchev–Trinajstić information content (AvgIpc) is 3.29. The summed E-state index contributed by atoms with van der Waals surface area (Å²) >= 11 is 3.09. The van der Waals surface area contributed by atoms with Crippen LogP contribution >= 0.6 is 23.1 Å². The molecule has 0 aliphatic carbocycles. The molecule has 0 aliphatic rings. The fraction of sp³-hybridized carbons (Fsp3) is 0.143. The van der Waals surface area contributed by atoms with Gasteiger partial charge >= 0.3 is 5.91 Å². The van der Waals surface area contributed by atoms with Gasteiger partial charge in [-0.05, 0) is 36.6 Å². The lowest BCUT2D eigenvalue weighted by Gasteiger charge is -2.00. The van der Waals surface area contributed by atoms with Gasteiger partial charge in [0.15, 0.2) is 21.9 Å². The van der Waals surface area contributed by atoms with Crippen LogP contribution in [0.4, 0.5) is 0 Å². The van der Waals surface area contributed by atoms with Crippen molar-refractivity contribution in [3.8, 4) is 18.1 Å². The number of nitrogens with zero attached hydrogens (tertiary/aromatic N) is 2. The second kappa shape index (κ2) is 7.58. The molecule has 1 amide bonds. The van der Waals surface area contributed by atoms with Gasteiger partial charge in [-0.15, -0.1) is 18.2 Å². The number of thioether (sulfide) groups is 1. The molecule has 4 aromatic rings. The Labute approximate surface area is 169 Å². The molecule has 2 heterocycles. The molecular formula is C21H16N2O3S2. The lowest BCUT2D eigenvalue weighted by Crippen LogP contribution is -2.16. The summed E-state index contributed by atoms with van der Waals surface area (Å²) in [5.41, 5.74) is 1.49. The van der Waals surface area contributed by atoms with Crippen molar-refractivity contribution in [2.45, 2.75) is 11.4 Å². The van der Waals surface area contributed by atoms with E-state index in [0.717, 1.165) is 20.5 Å². The maximum Gasteiger partial charge on any atom is 0.315 e. The highest BCUT2D eigenvalue weighted by Gasteiger charge is 2.15. The molecular weight excluding hydrogens is 392 g/mol. The van der Waals surface area contributed by atoms with Crippen LogP contribution in [0.2, 0.25) is 0 Å². The summed E-state index contributed by atoms with van der Waals surface area (Å²) in [6, 6.07) is 13.3. The Kier molecular flexibility index (Phi) is 4.99. The number of furan rings is 1. The lowest BCUT2D eigenvalue weighted by molar-refractivity contribution is 0.0973. The van der Waals surface area contributed by atoms with Gasteiger partial charge in [-0.3, -0.25) is 4.79 Å². The third-order valence-corrected chi connectivity index (χ3v) is 6.04. The van der Waals surface area contributed by atoms with Gasteiger partial charge in [0, 0.05) is 10.3 Å². The minimum atomic E-state index is -0.458. The molecule has 0 fully saturated rings. The van der Waals surface area contributed by atoms with Crippen LogP contribution in [-0.2, 0) is 6.54 Å². The Morgan fingerprint density at radius 3 is 2.96 bits per heavy atom. The second-order valence-corrected chi connectivity index (χ2v) is 7.80. The fourth-order valence-electron chi connectivity index (χ4n) is 2.95. The fourth-order valence-corrected chi connectivity index (χ4v) is 4.54. The molecule has 0 N–H and O–H groups in total. The van der Waals surface area contributed by atoms with Gasteiger partial charge in [0.25, 0.3) is 0 Å². The summed E-state index contributed by atoms with van der Waals surface area (Å²) < 4.78 is 13.9. The molecule has 0 unspecified atom stereocenters. The van der Waals surface area contributed by atoms with Crippen LogP contribution in [0.1, 0.15) is 10.6 Å². The number of carbonyl (C=O) groups is 1. The molecule has 7 heteroatoms. The van der Waals surface area contributed by atoms with Crippen molar-refractivity contribution >= 4 is 50.2 Å². The van der Waals surface area contributed by atoms with Crippen LogP contribution in [-0.4, -0.2) is 23.8 Å². The average molecular weight is 409 g/mol. The zero-order valence-electron chi connectivity index (χ0n) is 15.3. The van der Waals surface area contributed by atoms with Crippen molar-refractivity contribution < 1.29 is 13.9 Å². The monoisotopic (exact) mass is 408 g/mol. The summed E-state index contributed by atoms with van der Waals surface area (Å²) in [7, 11) is 1.56. The zero-order valence-corrected chi connectivity index (χ0v) is 16.9. The first-order chi connectivity index (χ1) is 13.6. The quantitative estimate of drug-likeness (QED) is 0.367. The number of fused-ring (bicyclic) bond motifs is 2. The molecule has 0 saturated heterocycles. The van der Waals surface area contributed by atoms with Crippen LogP contribution in [0.25, 0.3) is 21.2 Å². The Hall–Kier alpha value is -2.95. The van der Waals surface area contributed by atoms with E-state index in [-0.39, 0.29) is 5.76 Å². The standard InChI is InChI=1S/C21H16N2O3S2/c1-4-10-23-15-9-8-14(27-3)12-18(15)28-21(23)22-20(24)17-11-13-6-5-7-16(25-2)19(13)26-17/h1,5-9,11-12H,10H2,2-3H3. The van der Waals surface area contributed by atoms with Crippen molar-refractivity contribution in [3.63, 3.8) is 0 Å². The Bertz CT molecular complexity index is 1300. The third-order valence-electron chi connectivity index (χ3n) is 4.28. The van der Waals surface area contributed by atoms with E-state index < -0.39 is 5.91 Å². The smallest absolute Gasteiger partial charge is 0.315 e. The minimum Gasteiger partial charge on any atom is -0.493 e. The number of hydrogen-bond donors (Lipinski definition) is 0. The SMILES string of the molecule is C#CCn1c(=NC(=O)c2cc3cccc(OC)c3o2)sc2cc(SC)ccc21. The highest BCUT2D eigenvalue weighted by Crippen LogP contribution is 2.29. The summed E-state index contributed by atoms with van der Waals surface area (Å²) in [6.45, 7) is 0.332. The molecule has 0 saturated carbocycles. The maximum absolute atomic E-state index is 12.8. The Morgan fingerprint density at radius 2 is 2.21 bits per heavy atom. The van der Waals surface area contributed by atoms with Crippen molar-refractivity contribution in [2.75, 3.05) is 13.4 Å². The van der Waals surface area contributed by atoms with E-state index in [4.69, 9.17) is 15.6 Å². The van der Waals surface area contributed by atoms with Crippen LogP contribution in [0, 0.1) is 12.3 Å². The molecule has 28 heavy (non-hydrogen) atoms. The number of terminal acetylenes is 1. The number of ether oxygens (including phenoxy) is 1. The highest BCUT2D eigenvalue weighted by atomic mass is 32.2. The van der Waals surface area contributed by atoms with Crippen LogP contribution in [0.3, 0.4) is 0 Å². The number of carbonyl (C=O) groups excluding carboxylic acids is 1. The maximum atomic E-state index is 12.8. The Morgan fingerprint density at radius 1 is 1.36 bits per heavy atom. The van der Waals surface area contributed by atoms with Gasteiger partial charge in [-0.25, -0.2) is 0 Å². The first-order valence-corrected chi connectivity index (χ1v) is 10.4. The first kappa shape index (κ1) is 18.4. The number of rotatable bonds is 4. The van der Waals surface area contributed by atoms with E-state index in [1.807, 2.05) is 35.1 Å². The highest BCUT2D eigenvalue weighted by molar-refractivity contribution is 7.98. The predicted octanol–water partition coefficient (Wildman–Crippen LogP) is 4.55. The van der Waals surface area contributed by atoms with Gasteiger partial charge in [0.05, 0.1) is 23.9 Å². The van der Waals surface area contributed by atoms with Gasteiger partial charge in [-0.2, -0.15) is 4.99 Å².